The minimum absolute atomic E-state index is 0.488. The minimum atomic E-state index is 0.488. The summed E-state index contributed by atoms with van der Waals surface area (Å²) in [6.45, 7) is 1.42. The van der Waals surface area contributed by atoms with Gasteiger partial charge in [0.25, 0.3) is 0 Å². The Labute approximate surface area is 111 Å². The summed E-state index contributed by atoms with van der Waals surface area (Å²) in [5.74, 6) is 0.637. The normalized spacial score (nSPS) is 14.5. The summed E-state index contributed by atoms with van der Waals surface area (Å²) in [5, 5.41) is 14.4. The van der Waals surface area contributed by atoms with Gasteiger partial charge in [-0.05, 0) is 37.0 Å². The van der Waals surface area contributed by atoms with Gasteiger partial charge in [0.2, 0.25) is 5.89 Å². The lowest BCUT2D eigenvalue weighted by Crippen LogP contribution is -2.15. The van der Waals surface area contributed by atoms with Gasteiger partial charge >= 0.3 is 6.01 Å². The molecule has 0 aromatic carbocycles. The highest BCUT2D eigenvalue weighted by molar-refractivity contribution is 5.19. The third-order valence-electron chi connectivity index (χ3n) is 3.03. The van der Waals surface area contributed by atoms with E-state index in [1.54, 1.807) is 12.4 Å². The summed E-state index contributed by atoms with van der Waals surface area (Å²) in [7, 11) is 0. The number of nitrogens with zero attached hydrogens (tertiary/aromatic N) is 3. The first-order chi connectivity index (χ1) is 9.40. The molecule has 1 saturated carbocycles. The topological polar surface area (TPSA) is 75.9 Å². The molecule has 6 nitrogen and oxygen atoms in total. The Morgan fingerprint density at radius 3 is 2.84 bits per heavy atom. The van der Waals surface area contributed by atoms with Gasteiger partial charge in [-0.2, -0.15) is 0 Å². The predicted octanol–water partition coefficient (Wildman–Crippen LogP) is 1.37. The standard InChI is InChI=1S/C13H17N5O/c1-2-11(1)16-9-12-17-18-13(19-12)15-8-5-10-3-6-14-7-4-10/h3-4,6-7,11,16H,1-2,5,8-9H2,(H,15,18). The number of anilines is 1. The minimum Gasteiger partial charge on any atom is -0.407 e. The van der Waals surface area contributed by atoms with Crippen molar-refractivity contribution in [3.63, 3.8) is 0 Å². The van der Waals surface area contributed by atoms with Crippen LogP contribution in [0.5, 0.6) is 0 Å². The third kappa shape index (κ3) is 3.75. The zero-order valence-corrected chi connectivity index (χ0v) is 10.7. The quantitative estimate of drug-likeness (QED) is 0.782. The van der Waals surface area contributed by atoms with Crippen LogP contribution in [0, 0.1) is 0 Å². The first-order valence-electron chi connectivity index (χ1n) is 6.59. The lowest BCUT2D eigenvalue weighted by molar-refractivity contribution is 0.476. The Kier molecular flexibility index (Phi) is 3.69. The van der Waals surface area contributed by atoms with Crippen molar-refractivity contribution in [1.29, 1.82) is 0 Å². The van der Waals surface area contributed by atoms with Gasteiger partial charge in [-0.25, -0.2) is 0 Å². The van der Waals surface area contributed by atoms with Gasteiger partial charge in [-0.1, -0.05) is 5.10 Å². The van der Waals surface area contributed by atoms with Crippen molar-refractivity contribution in [2.45, 2.75) is 31.8 Å². The van der Waals surface area contributed by atoms with Crippen molar-refractivity contribution in [2.75, 3.05) is 11.9 Å². The molecule has 0 bridgehead atoms. The number of aromatic nitrogens is 3. The van der Waals surface area contributed by atoms with Crippen molar-refractivity contribution in [3.05, 3.63) is 36.0 Å². The van der Waals surface area contributed by atoms with Crippen molar-refractivity contribution in [1.82, 2.24) is 20.5 Å². The largest absolute Gasteiger partial charge is 0.407 e. The zero-order valence-electron chi connectivity index (χ0n) is 10.7. The molecule has 19 heavy (non-hydrogen) atoms. The Balaban J connectivity index is 1.42. The first-order valence-corrected chi connectivity index (χ1v) is 6.59. The van der Waals surface area contributed by atoms with Gasteiger partial charge in [-0.3, -0.25) is 4.98 Å². The Morgan fingerprint density at radius 1 is 1.21 bits per heavy atom. The maximum Gasteiger partial charge on any atom is 0.315 e. The van der Waals surface area contributed by atoms with Crippen molar-refractivity contribution < 1.29 is 4.42 Å². The van der Waals surface area contributed by atoms with Crippen LogP contribution in [0.4, 0.5) is 6.01 Å². The van der Waals surface area contributed by atoms with Crippen LogP contribution in [0.1, 0.15) is 24.3 Å². The fraction of sp³-hybridized carbons (Fsp3) is 0.462. The van der Waals surface area contributed by atoms with E-state index in [2.05, 4.69) is 25.8 Å². The van der Waals surface area contributed by atoms with Gasteiger partial charge < -0.3 is 15.1 Å². The second-order valence-electron chi connectivity index (χ2n) is 4.69. The van der Waals surface area contributed by atoms with Crippen LogP contribution >= 0.6 is 0 Å². The van der Waals surface area contributed by atoms with Crippen molar-refractivity contribution >= 4 is 6.01 Å². The van der Waals surface area contributed by atoms with E-state index >= 15 is 0 Å². The Morgan fingerprint density at radius 2 is 2.05 bits per heavy atom. The van der Waals surface area contributed by atoms with E-state index in [-0.39, 0.29) is 0 Å². The lowest BCUT2D eigenvalue weighted by atomic mass is 10.2. The number of hydrogen-bond donors (Lipinski definition) is 2. The molecule has 2 aromatic rings. The molecule has 2 N–H and O–H groups in total. The molecule has 3 rings (SSSR count). The summed E-state index contributed by atoms with van der Waals surface area (Å²) in [4.78, 5) is 3.99. The van der Waals surface area contributed by atoms with Crippen LogP contribution < -0.4 is 10.6 Å². The summed E-state index contributed by atoms with van der Waals surface area (Å²) < 4.78 is 5.49. The van der Waals surface area contributed by atoms with Gasteiger partial charge in [0.15, 0.2) is 0 Å². The van der Waals surface area contributed by atoms with E-state index in [1.807, 2.05) is 12.1 Å². The van der Waals surface area contributed by atoms with Crippen LogP contribution in [-0.4, -0.2) is 27.8 Å². The van der Waals surface area contributed by atoms with Crippen molar-refractivity contribution in [3.8, 4) is 0 Å². The highest BCUT2D eigenvalue weighted by Gasteiger charge is 2.21. The Hall–Kier alpha value is -1.95. The molecular formula is C13H17N5O. The molecule has 0 atom stereocenters. The molecule has 1 aliphatic carbocycles. The molecule has 1 fully saturated rings. The number of hydrogen-bond acceptors (Lipinski definition) is 6. The molecule has 0 unspecified atom stereocenters. The number of pyridine rings is 1. The number of rotatable bonds is 7. The van der Waals surface area contributed by atoms with Crippen LogP contribution in [0.15, 0.2) is 28.9 Å². The van der Waals surface area contributed by atoms with E-state index in [1.165, 1.54) is 18.4 Å². The summed E-state index contributed by atoms with van der Waals surface area (Å²) in [6, 6.07) is 5.14. The molecule has 2 aromatic heterocycles. The van der Waals surface area contributed by atoms with Crippen LogP contribution in [0.25, 0.3) is 0 Å². The second-order valence-corrected chi connectivity index (χ2v) is 4.69. The van der Waals surface area contributed by atoms with Gasteiger partial charge in [-0.15, -0.1) is 5.10 Å². The van der Waals surface area contributed by atoms with E-state index in [9.17, 15) is 0 Å². The monoisotopic (exact) mass is 259 g/mol. The molecule has 0 radical (unpaired) electrons. The second kappa shape index (κ2) is 5.79. The average Bonchev–Trinajstić information content (AvgIpc) is 3.17. The first kappa shape index (κ1) is 12.1. The molecule has 0 amide bonds. The summed E-state index contributed by atoms with van der Waals surface area (Å²) in [6.07, 6.45) is 7.00. The molecule has 0 aliphatic heterocycles. The van der Waals surface area contributed by atoms with Gasteiger partial charge in [0.05, 0.1) is 6.54 Å². The van der Waals surface area contributed by atoms with E-state index in [4.69, 9.17) is 4.42 Å². The fourth-order valence-corrected chi connectivity index (χ4v) is 1.78. The van der Waals surface area contributed by atoms with E-state index in [0.717, 1.165) is 13.0 Å². The fourth-order valence-electron chi connectivity index (χ4n) is 1.78. The van der Waals surface area contributed by atoms with E-state index in [0.29, 0.717) is 24.5 Å². The molecule has 100 valence electrons. The number of nitrogens with one attached hydrogen (secondary N) is 2. The van der Waals surface area contributed by atoms with Crippen LogP contribution in [0.2, 0.25) is 0 Å². The molecule has 1 aliphatic rings. The summed E-state index contributed by atoms with van der Waals surface area (Å²) in [5.41, 5.74) is 1.23. The molecule has 0 spiro atoms. The van der Waals surface area contributed by atoms with Crippen LogP contribution in [-0.2, 0) is 13.0 Å². The SMILES string of the molecule is c1cc(CCNc2nnc(CNC3CC3)o2)ccn1. The summed E-state index contributed by atoms with van der Waals surface area (Å²) >= 11 is 0. The lowest BCUT2D eigenvalue weighted by Gasteiger charge is -2.01. The average molecular weight is 259 g/mol. The molecule has 2 heterocycles. The molecule has 0 saturated heterocycles. The third-order valence-corrected chi connectivity index (χ3v) is 3.03. The maximum absolute atomic E-state index is 5.49. The van der Waals surface area contributed by atoms with Gasteiger partial charge in [0.1, 0.15) is 0 Å². The maximum atomic E-state index is 5.49. The van der Waals surface area contributed by atoms with Crippen molar-refractivity contribution in [2.24, 2.45) is 0 Å². The van der Waals surface area contributed by atoms with Gasteiger partial charge in [0, 0.05) is 25.0 Å². The predicted molar refractivity (Wildman–Crippen MR) is 70.6 cm³/mol. The zero-order chi connectivity index (χ0) is 12.9. The molecule has 6 heteroatoms. The van der Waals surface area contributed by atoms with Crippen LogP contribution in [0.3, 0.4) is 0 Å². The highest BCUT2D eigenvalue weighted by atomic mass is 16.4. The Bertz CT molecular complexity index is 509. The smallest absolute Gasteiger partial charge is 0.315 e. The highest BCUT2D eigenvalue weighted by Crippen LogP contribution is 2.19. The molecular weight excluding hydrogens is 242 g/mol. The van der Waals surface area contributed by atoms with E-state index < -0.39 is 0 Å².